The molecule has 1 saturated heterocycles. The molecule has 6 nitrogen and oxygen atoms in total. The summed E-state index contributed by atoms with van der Waals surface area (Å²) in [5.74, 6) is 0.969. The smallest absolute Gasteiger partial charge is 0.275 e. The molecule has 152 valence electrons. The molecule has 0 spiro atoms. The number of aryl methyl sites for hydroxylation is 1. The summed E-state index contributed by atoms with van der Waals surface area (Å²) < 4.78 is 5.16. The van der Waals surface area contributed by atoms with Crippen molar-refractivity contribution < 1.29 is 19.1 Å². The Bertz CT molecular complexity index is 902. The number of thiophene rings is 1. The maximum Gasteiger partial charge on any atom is 0.275 e. The van der Waals surface area contributed by atoms with Gasteiger partial charge in [-0.25, -0.2) is 0 Å². The lowest BCUT2D eigenvalue weighted by Gasteiger charge is -2.29. The summed E-state index contributed by atoms with van der Waals surface area (Å²) >= 11 is 1.68. The molecule has 0 aliphatic carbocycles. The normalized spacial score (nSPS) is 20.3. The number of nitrogens with one attached hydrogen (secondary N) is 3. The standard InChI is InChI=1S/C22H26N4O2S/c1-17-14-19(24-28-17)15-25-9-11-26(12-10-25)16-21(27)23-22(20-8-5-13-29-20)18-6-3-2-4-7-18/h2-8,13-14,22H,9-12,15-16H2,1H3,(H,23,27)/p+2/t22-/m1/s1. The Morgan fingerprint density at radius 2 is 1.90 bits per heavy atom. The van der Waals surface area contributed by atoms with Gasteiger partial charge in [0.15, 0.2) is 6.54 Å². The fourth-order valence-corrected chi connectivity index (χ4v) is 4.73. The number of carbonyl (C=O) groups is 1. The third-order valence-electron chi connectivity index (χ3n) is 5.45. The highest BCUT2D eigenvalue weighted by molar-refractivity contribution is 7.10. The van der Waals surface area contributed by atoms with Gasteiger partial charge in [0.25, 0.3) is 5.91 Å². The van der Waals surface area contributed by atoms with E-state index in [9.17, 15) is 4.79 Å². The summed E-state index contributed by atoms with van der Waals surface area (Å²) in [6, 6.07) is 16.2. The number of hydrogen-bond acceptors (Lipinski definition) is 4. The Morgan fingerprint density at radius 3 is 2.55 bits per heavy atom. The molecule has 4 rings (SSSR count). The summed E-state index contributed by atoms with van der Waals surface area (Å²) in [4.78, 5) is 16.8. The molecule has 7 heteroatoms. The molecule has 0 bridgehead atoms. The Balaban J connectivity index is 1.30. The van der Waals surface area contributed by atoms with Crippen LogP contribution in [-0.4, -0.2) is 43.8 Å². The van der Waals surface area contributed by atoms with E-state index in [2.05, 4.69) is 34.1 Å². The number of rotatable bonds is 7. The number of benzene rings is 1. The van der Waals surface area contributed by atoms with Crippen LogP contribution < -0.4 is 15.1 Å². The van der Waals surface area contributed by atoms with Crippen LogP contribution in [0.2, 0.25) is 0 Å². The van der Waals surface area contributed by atoms with Crippen molar-refractivity contribution in [1.82, 2.24) is 10.5 Å². The first-order chi connectivity index (χ1) is 14.2. The van der Waals surface area contributed by atoms with E-state index in [0.29, 0.717) is 6.54 Å². The molecular formula is C22H28N4O2S+2. The molecule has 1 aromatic carbocycles. The molecule has 3 heterocycles. The molecule has 1 atom stereocenters. The highest BCUT2D eigenvalue weighted by atomic mass is 32.1. The lowest BCUT2D eigenvalue weighted by atomic mass is 10.1. The van der Waals surface area contributed by atoms with Crippen LogP contribution in [0.1, 0.15) is 27.9 Å². The van der Waals surface area contributed by atoms with Gasteiger partial charge in [0, 0.05) is 10.9 Å². The SMILES string of the molecule is Cc1cc(C[NH+]2CC[NH+](CC(=O)N[C@H](c3ccccc3)c3cccs3)CC2)no1. The van der Waals surface area contributed by atoms with Gasteiger partial charge in [0.2, 0.25) is 0 Å². The highest BCUT2D eigenvalue weighted by Crippen LogP contribution is 2.25. The quantitative estimate of drug-likeness (QED) is 0.521. The summed E-state index contributed by atoms with van der Waals surface area (Å²) in [6.07, 6.45) is 0. The van der Waals surface area contributed by atoms with E-state index in [0.717, 1.165) is 54.6 Å². The van der Waals surface area contributed by atoms with Crippen molar-refractivity contribution in [2.24, 2.45) is 0 Å². The predicted molar refractivity (Wildman–Crippen MR) is 112 cm³/mol. The Kier molecular flexibility index (Phi) is 6.39. The average Bonchev–Trinajstić information content (AvgIpc) is 3.40. The van der Waals surface area contributed by atoms with Crippen molar-refractivity contribution in [3.8, 4) is 0 Å². The molecule has 3 aromatic rings. The van der Waals surface area contributed by atoms with Crippen LogP contribution in [0.5, 0.6) is 0 Å². The second-order valence-electron chi connectivity index (χ2n) is 7.71. The van der Waals surface area contributed by atoms with Gasteiger partial charge < -0.3 is 19.6 Å². The zero-order valence-corrected chi connectivity index (χ0v) is 17.5. The summed E-state index contributed by atoms with van der Waals surface area (Å²) in [6.45, 7) is 7.41. The highest BCUT2D eigenvalue weighted by Gasteiger charge is 2.27. The van der Waals surface area contributed by atoms with Gasteiger partial charge in [-0.1, -0.05) is 41.6 Å². The second kappa shape index (κ2) is 9.35. The molecule has 0 saturated carbocycles. The first-order valence-electron chi connectivity index (χ1n) is 10.1. The minimum atomic E-state index is -0.0783. The fourth-order valence-electron chi connectivity index (χ4n) is 3.93. The van der Waals surface area contributed by atoms with E-state index < -0.39 is 0 Å². The van der Waals surface area contributed by atoms with Gasteiger partial charge in [-0.3, -0.25) is 4.79 Å². The Hall–Kier alpha value is -2.48. The fraction of sp³-hybridized carbons (Fsp3) is 0.364. The first kappa shape index (κ1) is 19.8. The molecule has 29 heavy (non-hydrogen) atoms. The minimum absolute atomic E-state index is 0.0783. The number of aromatic nitrogens is 1. The van der Waals surface area contributed by atoms with Crippen molar-refractivity contribution in [3.05, 3.63) is 75.8 Å². The topological polar surface area (TPSA) is 64.0 Å². The molecule has 1 fully saturated rings. The van der Waals surface area contributed by atoms with E-state index >= 15 is 0 Å². The Morgan fingerprint density at radius 1 is 1.14 bits per heavy atom. The van der Waals surface area contributed by atoms with Crippen molar-refractivity contribution in [3.63, 3.8) is 0 Å². The third-order valence-corrected chi connectivity index (χ3v) is 6.39. The van der Waals surface area contributed by atoms with Gasteiger partial charge in [0.1, 0.15) is 44.2 Å². The molecule has 1 aliphatic heterocycles. The zero-order valence-electron chi connectivity index (χ0n) is 16.7. The average molecular weight is 413 g/mol. The van der Waals surface area contributed by atoms with Crippen LogP contribution in [0.25, 0.3) is 0 Å². The molecular weight excluding hydrogens is 384 g/mol. The maximum absolute atomic E-state index is 12.8. The van der Waals surface area contributed by atoms with E-state index in [4.69, 9.17) is 4.52 Å². The van der Waals surface area contributed by atoms with Crippen LogP contribution >= 0.6 is 11.3 Å². The summed E-state index contributed by atoms with van der Waals surface area (Å²) in [7, 11) is 0. The van der Waals surface area contributed by atoms with Gasteiger partial charge in [-0.15, -0.1) is 11.3 Å². The Labute approximate surface area is 175 Å². The summed E-state index contributed by atoms with van der Waals surface area (Å²) in [5, 5.41) is 9.41. The van der Waals surface area contributed by atoms with Gasteiger partial charge in [-0.05, 0) is 23.9 Å². The van der Waals surface area contributed by atoms with Crippen LogP contribution in [0.3, 0.4) is 0 Å². The van der Waals surface area contributed by atoms with Crippen LogP contribution in [0, 0.1) is 6.92 Å². The van der Waals surface area contributed by atoms with Crippen molar-refractivity contribution in [1.29, 1.82) is 0 Å². The van der Waals surface area contributed by atoms with Crippen LogP contribution in [0.15, 0.2) is 58.4 Å². The number of carbonyl (C=O) groups excluding carboxylic acids is 1. The molecule has 0 radical (unpaired) electrons. The first-order valence-corrected chi connectivity index (χ1v) is 11.0. The predicted octanol–water partition coefficient (Wildman–Crippen LogP) is 0.234. The number of hydrogen-bond donors (Lipinski definition) is 3. The maximum atomic E-state index is 12.8. The van der Waals surface area contributed by atoms with Crippen molar-refractivity contribution in [2.75, 3.05) is 32.7 Å². The van der Waals surface area contributed by atoms with E-state index in [1.807, 2.05) is 37.3 Å². The van der Waals surface area contributed by atoms with Gasteiger partial charge >= 0.3 is 0 Å². The third kappa shape index (κ3) is 5.32. The zero-order chi connectivity index (χ0) is 20.1. The monoisotopic (exact) mass is 412 g/mol. The van der Waals surface area contributed by atoms with Crippen LogP contribution in [-0.2, 0) is 11.3 Å². The lowest BCUT2D eigenvalue weighted by Crippen LogP contribution is -3.28. The molecule has 3 N–H and O–H groups in total. The largest absolute Gasteiger partial charge is 0.361 e. The number of nitrogens with zero attached hydrogens (tertiary/aromatic N) is 1. The molecule has 0 unspecified atom stereocenters. The number of piperazine rings is 1. The number of amides is 1. The van der Waals surface area contributed by atoms with E-state index in [1.165, 1.54) is 9.80 Å². The van der Waals surface area contributed by atoms with Gasteiger partial charge in [0.05, 0.1) is 6.04 Å². The van der Waals surface area contributed by atoms with E-state index in [-0.39, 0.29) is 11.9 Å². The molecule has 2 aromatic heterocycles. The minimum Gasteiger partial charge on any atom is -0.361 e. The van der Waals surface area contributed by atoms with Gasteiger partial charge in [-0.2, -0.15) is 0 Å². The van der Waals surface area contributed by atoms with E-state index in [1.54, 1.807) is 11.3 Å². The molecule has 1 aliphatic rings. The van der Waals surface area contributed by atoms with Crippen LogP contribution in [0.4, 0.5) is 0 Å². The summed E-state index contributed by atoms with van der Waals surface area (Å²) in [5.41, 5.74) is 2.14. The molecule has 1 amide bonds. The van der Waals surface area contributed by atoms with Crippen molar-refractivity contribution in [2.45, 2.75) is 19.5 Å². The number of quaternary nitrogens is 2. The lowest BCUT2D eigenvalue weighted by molar-refractivity contribution is -1.02. The van der Waals surface area contributed by atoms with Crippen molar-refractivity contribution >= 4 is 17.2 Å². The second-order valence-corrected chi connectivity index (χ2v) is 8.69.